The van der Waals surface area contributed by atoms with Crippen LogP contribution in [0.3, 0.4) is 0 Å². The maximum Gasteiger partial charge on any atom is 0.315 e. The molecule has 0 aromatic carbocycles. The van der Waals surface area contributed by atoms with E-state index in [1.54, 1.807) is 0 Å². The van der Waals surface area contributed by atoms with Crippen LogP contribution in [0.15, 0.2) is 0 Å². The van der Waals surface area contributed by atoms with Gasteiger partial charge in [0, 0.05) is 6.54 Å². The molecule has 0 aromatic heterocycles. The van der Waals surface area contributed by atoms with Crippen LogP contribution < -0.4 is 5.32 Å². The van der Waals surface area contributed by atoms with Crippen molar-refractivity contribution in [1.29, 1.82) is 0 Å². The topological polar surface area (TPSA) is 29.1 Å². The fraction of sp³-hybridized carbons (Fsp3) is 0.909. The minimum Gasteiger partial charge on any atom is -0.351 e. The van der Waals surface area contributed by atoms with Crippen molar-refractivity contribution < 1.29 is 13.6 Å². The number of halogens is 2. The molecule has 1 aliphatic carbocycles. The van der Waals surface area contributed by atoms with Crippen molar-refractivity contribution in [3.63, 3.8) is 0 Å². The van der Waals surface area contributed by atoms with Gasteiger partial charge in [0.15, 0.2) is 0 Å². The molecule has 0 bridgehead atoms. The standard InChI is InChI=1S/C11H19F2NO/c1-2-8-3-5-9(6-4-8)7-14-11(15)10(12)13/h8-10H,2-7H2,1H3,(H,14,15). The molecule has 0 saturated heterocycles. The lowest BCUT2D eigenvalue weighted by atomic mass is 9.81. The van der Waals surface area contributed by atoms with Crippen molar-refractivity contribution in [2.45, 2.75) is 45.5 Å². The van der Waals surface area contributed by atoms with Gasteiger partial charge in [-0.2, -0.15) is 8.78 Å². The predicted molar refractivity (Wildman–Crippen MR) is 54.8 cm³/mol. The van der Waals surface area contributed by atoms with Crippen molar-refractivity contribution in [3.05, 3.63) is 0 Å². The monoisotopic (exact) mass is 219 g/mol. The van der Waals surface area contributed by atoms with Gasteiger partial charge in [-0.3, -0.25) is 4.79 Å². The molecule has 1 aliphatic rings. The van der Waals surface area contributed by atoms with E-state index in [-0.39, 0.29) is 0 Å². The van der Waals surface area contributed by atoms with E-state index < -0.39 is 12.3 Å². The normalized spacial score (nSPS) is 26.7. The summed E-state index contributed by atoms with van der Waals surface area (Å²) in [5.74, 6) is 0.0650. The predicted octanol–water partition coefficient (Wildman–Crippen LogP) is 2.58. The van der Waals surface area contributed by atoms with Gasteiger partial charge in [0.1, 0.15) is 0 Å². The third-order valence-electron chi connectivity index (χ3n) is 3.31. The lowest BCUT2D eigenvalue weighted by Gasteiger charge is -2.27. The largest absolute Gasteiger partial charge is 0.351 e. The molecule has 88 valence electrons. The molecule has 1 fully saturated rings. The van der Waals surface area contributed by atoms with E-state index >= 15 is 0 Å². The summed E-state index contributed by atoms with van der Waals surface area (Å²) in [5.41, 5.74) is 0. The average molecular weight is 219 g/mol. The molecular formula is C11H19F2NO. The van der Waals surface area contributed by atoms with E-state index in [0.717, 1.165) is 18.8 Å². The van der Waals surface area contributed by atoms with Crippen LogP contribution in [0.4, 0.5) is 8.78 Å². The Hall–Kier alpha value is -0.670. The van der Waals surface area contributed by atoms with Gasteiger partial charge in [0.2, 0.25) is 0 Å². The molecule has 0 heterocycles. The van der Waals surface area contributed by atoms with Crippen LogP contribution >= 0.6 is 0 Å². The summed E-state index contributed by atoms with van der Waals surface area (Å²) >= 11 is 0. The van der Waals surface area contributed by atoms with Crippen LogP contribution in [0, 0.1) is 11.8 Å². The number of hydrogen-bond donors (Lipinski definition) is 1. The Bertz CT molecular complexity index is 201. The molecular weight excluding hydrogens is 200 g/mol. The Morgan fingerprint density at radius 2 is 1.80 bits per heavy atom. The van der Waals surface area contributed by atoms with E-state index in [4.69, 9.17) is 0 Å². The highest BCUT2D eigenvalue weighted by atomic mass is 19.3. The first-order valence-corrected chi connectivity index (χ1v) is 5.69. The van der Waals surface area contributed by atoms with Crippen LogP contribution in [-0.2, 0) is 4.79 Å². The Morgan fingerprint density at radius 1 is 1.27 bits per heavy atom. The van der Waals surface area contributed by atoms with Crippen LogP contribution in [0.25, 0.3) is 0 Å². The molecule has 4 heteroatoms. The molecule has 1 amide bonds. The van der Waals surface area contributed by atoms with E-state index in [0.29, 0.717) is 12.5 Å². The third-order valence-corrected chi connectivity index (χ3v) is 3.31. The number of alkyl halides is 2. The minimum absolute atomic E-state index is 0.399. The summed E-state index contributed by atoms with van der Waals surface area (Å²) in [4.78, 5) is 10.6. The maximum absolute atomic E-state index is 11.9. The molecule has 0 atom stereocenters. The fourth-order valence-corrected chi connectivity index (χ4v) is 2.17. The van der Waals surface area contributed by atoms with Gasteiger partial charge in [0.05, 0.1) is 0 Å². The molecule has 1 saturated carbocycles. The number of hydrogen-bond acceptors (Lipinski definition) is 1. The zero-order valence-corrected chi connectivity index (χ0v) is 9.14. The molecule has 0 aromatic rings. The van der Waals surface area contributed by atoms with Gasteiger partial charge in [-0.1, -0.05) is 26.2 Å². The second-order valence-electron chi connectivity index (χ2n) is 4.34. The van der Waals surface area contributed by atoms with Gasteiger partial charge >= 0.3 is 6.43 Å². The fourth-order valence-electron chi connectivity index (χ4n) is 2.17. The number of carbonyl (C=O) groups excluding carboxylic acids is 1. The lowest BCUT2D eigenvalue weighted by Crippen LogP contribution is -2.34. The maximum atomic E-state index is 11.9. The van der Waals surface area contributed by atoms with Crippen LogP contribution in [0.1, 0.15) is 39.0 Å². The van der Waals surface area contributed by atoms with Gasteiger partial charge < -0.3 is 5.32 Å². The summed E-state index contributed by atoms with van der Waals surface area (Å²) in [5, 5.41) is 2.30. The summed E-state index contributed by atoms with van der Waals surface area (Å²) in [6.45, 7) is 2.60. The highest BCUT2D eigenvalue weighted by molar-refractivity contribution is 5.78. The van der Waals surface area contributed by atoms with Gasteiger partial charge in [0.25, 0.3) is 5.91 Å². The summed E-state index contributed by atoms with van der Waals surface area (Å²) in [6.07, 6.45) is 2.79. The van der Waals surface area contributed by atoms with Gasteiger partial charge in [-0.25, -0.2) is 0 Å². The zero-order chi connectivity index (χ0) is 11.3. The second-order valence-corrected chi connectivity index (χ2v) is 4.34. The van der Waals surface area contributed by atoms with Crippen LogP contribution in [-0.4, -0.2) is 18.9 Å². The highest BCUT2D eigenvalue weighted by Gasteiger charge is 2.21. The molecule has 0 spiro atoms. The summed E-state index contributed by atoms with van der Waals surface area (Å²) in [6, 6.07) is 0. The van der Waals surface area contributed by atoms with E-state index in [2.05, 4.69) is 12.2 Å². The number of rotatable bonds is 4. The Kier molecular flexibility index (Phi) is 4.99. The van der Waals surface area contributed by atoms with Crippen LogP contribution in [0.2, 0.25) is 0 Å². The number of nitrogens with one attached hydrogen (secondary N) is 1. The van der Waals surface area contributed by atoms with Gasteiger partial charge in [-0.05, 0) is 24.7 Å². The lowest BCUT2D eigenvalue weighted by molar-refractivity contribution is -0.131. The molecule has 0 radical (unpaired) electrons. The Balaban J connectivity index is 2.16. The van der Waals surface area contributed by atoms with E-state index in [1.807, 2.05) is 0 Å². The SMILES string of the molecule is CCC1CCC(CNC(=O)C(F)F)CC1. The molecule has 0 unspecified atom stereocenters. The number of amides is 1. The molecule has 0 aliphatic heterocycles. The average Bonchev–Trinajstić information content (AvgIpc) is 2.26. The molecule has 15 heavy (non-hydrogen) atoms. The quantitative estimate of drug-likeness (QED) is 0.773. The van der Waals surface area contributed by atoms with Crippen LogP contribution in [0.5, 0.6) is 0 Å². The summed E-state index contributed by atoms with van der Waals surface area (Å²) in [7, 11) is 0. The Labute approximate surface area is 89.4 Å². The van der Waals surface area contributed by atoms with Crippen molar-refractivity contribution >= 4 is 5.91 Å². The first-order valence-electron chi connectivity index (χ1n) is 5.69. The smallest absolute Gasteiger partial charge is 0.315 e. The first kappa shape index (κ1) is 12.4. The molecule has 1 rings (SSSR count). The van der Waals surface area contributed by atoms with Crippen molar-refractivity contribution in [2.24, 2.45) is 11.8 Å². The summed E-state index contributed by atoms with van der Waals surface area (Å²) < 4.78 is 23.8. The molecule has 2 nitrogen and oxygen atoms in total. The highest BCUT2D eigenvalue weighted by Crippen LogP contribution is 2.30. The zero-order valence-electron chi connectivity index (χ0n) is 9.14. The number of carbonyl (C=O) groups is 1. The van der Waals surface area contributed by atoms with E-state index in [9.17, 15) is 13.6 Å². The second kappa shape index (κ2) is 6.03. The van der Waals surface area contributed by atoms with Crippen molar-refractivity contribution in [3.8, 4) is 0 Å². The molecule has 1 N–H and O–H groups in total. The van der Waals surface area contributed by atoms with Gasteiger partial charge in [-0.15, -0.1) is 0 Å². The van der Waals surface area contributed by atoms with E-state index in [1.165, 1.54) is 19.3 Å². The van der Waals surface area contributed by atoms with Crippen molar-refractivity contribution in [1.82, 2.24) is 5.32 Å². The third kappa shape index (κ3) is 4.14. The minimum atomic E-state index is -2.88. The Morgan fingerprint density at radius 3 is 2.27 bits per heavy atom. The van der Waals surface area contributed by atoms with Crippen molar-refractivity contribution in [2.75, 3.05) is 6.54 Å². The first-order chi connectivity index (χ1) is 7.13.